The van der Waals surface area contributed by atoms with E-state index in [2.05, 4.69) is 5.32 Å². The Morgan fingerprint density at radius 1 is 0.778 bits per heavy atom. The van der Waals surface area contributed by atoms with Crippen LogP contribution in [-0.4, -0.2) is 20.6 Å². The van der Waals surface area contributed by atoms with Crippen molar-refractivity contribution in [2.24, 2.45) is 0 Å². The van der Waals surface area contributed by atoms with Gasteiger partial charge < -0.3 is 5.32 Å². The van der Waals surface area contributed by atoms with Gasteiger partial charge in [-0.3, -0.25) is 9.10 Å². The summed E-state index contributed by atoms with van der Waals surface area (Å²) < 4.78 is 26.4. The van der Waals surface area contributed by atoms with E-state index < -0.39 is 10.0 Å². The SMILES string of the molecule is CS(=O)(=O)N(Cc1c(Cl)cccc1Cl)c1ccc(C(=O)NC(c2ccccc2)c2ccccc2)cc1. The van der Waals surface area contributed by atoms with E-state index in [0.29, 0.717) is 26.9 Å². The first-order valence-electron chi connectivity index (χ1n) is 11.2. The topological polar surface area (TPSA) is 66.5 Å². The Hall–Kier alpha value is -3.32. The van der Waals surface area contributed by atoms with E-state index in [0.717, 1.165) is 17.4 Å². The van der Waals surface area contributed by atoms with Crippen molar-refractivity contribution in [1.29, 1.82) is 0 Å². The van der Waals surface area contributed by atoms with Crippen LogP contribution in [0.4, 0.5) is 5.69 Å². The Balaban J connectivity index is 1.59. The third-order valence-corrected chi connectivity index (χ3v) is 7.57. The first-order chi connectivity index (χ1) is 17.2. The minimum absolute atomic E-state index is 0.0348. The molecule has 4 rings (SSSR count). The van der Waals surface area contributed by atoms with E-state index in [1.54, 1.807) is 42.5 Å². The van der Waals surface area contributed by atoms with Crippen LogP contribution in [-0.2, 0) is 16.6 Å². The molecule has 0 saturated heterocycles. The van der Waals surface area contributed by atoms with Crippen LogP contribution in [0.25, 0.3) is 0 Å². The molecule has 0 heterocycles. The first-order valence-corrected chi connectivity index (χ1v) is 13.8. The Bertz CT molecular complexity index is 1390. The summed E-state index contributed by atoms with van der Waals surface area (Å²) in [5, 5.41) is 3.84. The molecule has 1 amide bonds. The van der Waals surface area contributed by atoms with Crippen LogP contribution in [0.15, 0.2) is 103 Å². The second kappa shape index (κ2) is 11.2. The van der Waals surface area contributed by atoms with Crippen molar-refractivity contribution in [2.45, 2.75) is 12.6 Å². The number of benzene rings is 4. The van der Waals surface area contributed by atoms with Gasteiger partial charge in [-0.25, -0.2) is 8.42 Å². The lowest BCUT2D eigenvalue weighted by atomic mass is 9.98. The monoisotopic (exact) mass is 538 g/mol. The molecule has 184 valence electrons. The summed E-state index contributed by atoms with van der Waals surface area (Å²) in [5.74, 6) is -0.278. The summed E-state index contributed by atoms with van der Waals surface area (Å²) in [6.07, 6.45) is 1.11. The number of amides is 1. The molecule has 0 radical (unpaired) electrons. The highest BCUT2D eigenvalue weighted by Gasteiger charge is 2.22. The maximum Gasteiger partial charge on any atom is 0.252 e. The summed E-state index contributed by atoms with van der Waals surface area (Å²) in [6, 6.07) is 30.5. The van der Waals surface area contributed by atoms with Crippen molar-refractivity contribution < 1.29 is 13.2 Å². The number of anilines is 1. The molecule has 0 aliphatic heterocycles. The van der Waals surface area contributed by atoms with E-state index in [9.17, 15) is 13.2 Å². The summed E-state index contributed by atoms with van der Waals surface area (Å²) in [7, 11) is -3.66. The molecule has 1 N–H and O–H groups in total. The van der Waals surface area contributed by atoms with Gasteiger partial charge in [0.1, 0.15) is 0 Å². The maximum atomic E-state index is 13.2. The van der Waals surface area contributed by atoms with Gasteiger partial charge in [-0.2, -0.15) is 0 Å². The van der Waals surface area contributed by atoms with E-state index in [1.165, 1.54) is 4.31 Å². The predicted octanol–water partition coefficient (Wildman–Crippen LogP) is 6.48. The average molecular weight is 539 g/mol. The molecule has 0 bridgehead atoms. The standard InChI is InChI=1S/C28H24Cl2N2O3S/c1-36(34,35)32(19-24-25(29)13-8-14-26(24)30)23-17-15-22(16-18-23)28(33)31-27(20-9-4-2-5-10-20)21-11-6-3-7-12-21/h2-18,27H,19H2,1H3,(H,31,33). The minimum Gasteiger partial charge on any atom is -0.341 e. The molecule has 0 aliphatic rings. The van der Waals surface area contributed by atoms with E-state index in [-0.39, 0.29) is 18.5 Å². The molecule has 36 heavy (non-hydrogen) atoms. The molecule has 4 aromatic rings. The zero-order valence-electron chi connectivity index (χ0n) is 19.4. The number of nitrogens with one attached hydrogen (secondary N) is 1. The van der Waals surface area contributed by atoms with Crippen molar-refractivity contribution in [3.63, 3.8) is 0 Å². The fraction of sp³-hybridized carbons (Fsp3) is 0.107. The number of carbonyl (C=O) groups excluding carboxylic acids is 1. The van der Waals surface area contributed by atoms with Crippen LogP contribution in [0.5, 0.6) is 0 Å². The van der Waals surface area contributed by atoms with Crippen LogP contribution in [0.3, 0.4) is 0 Å². The highest BCUT2D eigenvalue weighted by atomic mass is 35.5. The Kier molecular flexibility index (Phi) is 7.99. The largest absolute Gasteiger partial charge is 0.341 e. The summed E-state index contributed by atoms with van der Waals surface area (Å²) in [6.45, 7) is -0.0348. The Labute approximate surface area is 221 Å². The van der Waals surface area contributed by atoms with Gasteiger partial charge in [0.15, 0.2) is 0 Å². The molecular weight excluding hydrogens is 515 g/mol. The van der Waals surface area contributed by atoms with Gasteiger partial charge in [0.05, 0.1) is 24.5 Å². The van der Waals surface area contributed by atoms with Crippen molar-refractivity contribution in [1.82, 2.24) is 5.32 Å². The van der Waals surface area contributed by atoms with E-state index in [4.69, 9.17) is 23.2 Å². The summed E-state index contributed by atoms with van der Waals surface area (Å²) in [5.41, 5.74) is 3.20. The van der Waals surface area contributed by atoms with Crippen molar-refractivity contribution >= 4 is 44.8 Å². The van der Waals surface area contributed by atoms with Crippen LogP contribution in [0.2, 0.25) is 10.0 Å². The molecule has 0 unspecified atom stereocenters. The average Bonchev–Trinajstić information content (AvgIpc) is 2.87. The fourth-order valence-corrected chi connectivity index (χ4v) is 5.26. The van der Waals surface area contributed by atoms with Crippen molar-refractivity contribution in [3.05, 3.63) is 135 Å². The summed E-state index contributed by atoms with van der Waals surface area (Å²) in [4.78, 5) is 13.2. The van der Waals surface area contributed by atoms with Gasteiger partial charge in [-0.05, 0) is 47.5 Å². The predicted molar refractivity (Wildman–Crippen MR) is 146 cm³/mol. The molecule has 8 heteroatoms. The molecule has 0 aromatic heterocycles. The van der Waals surface area contributed by atoms with Crippen LogP contribution in [0, 0.1) is 0 Å². The highest BCUT2D eigenvalue weighted by molar-refractivity contribution is 7.92. The van der Waals surface area contributed by atoms with Crippen molar-refractivity contribution in [3.8, 4) is 0 Å². The Morgan fingerprint density at radius 2 is 1.28 bits per heavy atom. The number of sulfonamides is 1. The minimum atomic E-state index is -3.66. The number of halogens is 2. The van der Waals surface area contributed by atoms with Crippen molar-refractivity contribution in [2.75, 3.05) is 10.6 Å². The number of nitrogens with zero attached hydrogens (tertiary/aromatic N) is 1. The number of hydrogen-bond donors (Lipinski definition) is 1. The number of hydrogen-bond acceptors (Lipinski definition) is 3. The van der Waals surface area contributed by atoms with Crippen LogP contribution < -0.4 is 9.62 Å². The normalized spacial score (nSPS) is 11.3. The molecule has 0 spiro atoms. The van der Waals surface area contributed by atoms with Gasteiger partial charge in [-0.15, -0.1) is 0 Å². The summed E-state index contributed by atoms with van der Waals surface area (Å²) >= 11 is 12.5. The molecule has 0 aliphatic carbocycles. The van der Waals surface area contributed by atoms with E-state index >= 15 is 0 Å². The van der Waals surface area contributed by atoms with Crippen LogP contribution >= 0.6 is 23.2 Å². The molecule has 0 atom stereocenters. The maximum absolute atomic E-state index is 13.2. The van der Waals surface area contributed by atoms with Crippen LogP contribution in [0.1, 0.15) is 33.1 Å². The fourth-order valence-electron chi connectivity index (χ4n) is 3.87. The first kappa shape index (κ1) is 25.8. The molecule has 4 aromatic carbocycles. The lowest BCUT2D eigenvalue weighted by Crippen LogP contribution is -2.30. The second-order valence-corrected chi connectivity index (χ2v) is 11.0. The van der Waals surface area contributed by atoms with E-state index in [1.807, 2.05) is 60.7 Å². The Morgan fingerprint density at radius 3 is 1.75 bits per heavy atom. The lowest BCUT2D eigenvalue weighted by Gasteiger charge is -2.24. The quantitative estimate of drug-likeness (QED) is 0.279. The third-order valence-electron chi connectivity index (χ3n) is 5.72. The third kappa shape index (κ3) is 6.08. The second-order valence-electron chi connectivity index (χ2n) is 8.24. The zero-order chi connectivity index (χ0) is 25.7. The molecular formula is C28H24Cl2N2O3S. The van der Waals surface area contributed by atoms with Gasteiger partial charge in [0, 0.05) is 21.2 Å². The highest BCUT2D eigenvalue weighted by Crippen LogP contribution is 2.29. The smallest absolute Gasteiger partial charge is 0.252 e. The van der Waals surface area contributed by atoms with Gasteiger partial charge in [0.2, 0.25) is 10.0 Å². The van der Waals surface area contributed by atoms with Gasteiger partial charge in [-0.1, -0.05) is 89.9 Å². The number of carbonyl (C=O) groups is 1. The molecule has 5 nitrogen and oxygen atoms in total. The van der Waals surface area contributed by atoms with Gasteiger partial charge >= 0.3 is 0 Å². The zero-order valence-corrected chi connectivity index (χ0v) is 21.8. The lowest BCUT2D eigenvalue weighted by molar-refractivity contribution is 0.0943. The molecule has 0 fully saturated rings. The molecule has 0 saturated carbocycles. The van der Waals surface area contributed by atoms with Gasteiger partial charge in [0.25, 0.3) is 5.91 Å². The number of rotatable bonds is 8.